The van der Waals surface area contributed by atoms with Crippen molar-refractivity contribution in [3.05, 3.63) is 35.5 Å². The second kappa shape index (κ2) is 6.45. The summed E-state index contributed by atoms with van der Waals surface area (Å²) in [6.45, 7) is 0. The first-order valence-corrected chi connectivity index (χ1v) is 5.58. The van der Waals surface area contributed by atoms with Crippen molar-refractivity contribution in [2.24, 2.45) is 0 Å². The molecule has 0 saturated heterocycles. The van der Waals surface area contributed by atoms with Crippen LogP contribution in [0, 0.1) is 11.3 Å². The average Bonchev–Trinajstić information content (AvgIpc) is 2.43. The van der Waals surface area contributed by atoms with Gasteiger partial charge >= 0.3 is 5.97 Å². The van der Waals surface area contributed by atoms with E-state index in [1.165, 1.54) is 14.2 Å². The van der Waals surface area contributed by atoms with Crippen LogP contribution in [0.3, 0.4) is 0 Å². The highest BCUT2D eigenvalue weighted by molar-refractivity contribution is 6.17. The second-order valence-electron chi connectivity index (χ2n) is 4.02. The zero-order valence-electron chi connectivity index (χ0n) is 11.4. The molecule has 19 heavy (non-hydrogen) atoms. The summed E-state index contributed by atoms with van der Waals surface area (Å²) in [6.07, 6.45) is 1.65. The molecule has 0 N–H and O–H groups in total. The molecule has 0 amide bonds. The normalized spacial score (nSPS) is 10.6. The monoisotopic (exact) mass is 260 g/mol. The van der Waals surface area contributed by atoms with Gasteiger partial charge in [-0.05, 0) is 18.2 Å². The lowest BCUT2D eigenvalue weighted by atomic mass is 10.0. The molecule has 5 heteroatoms. The molecule has 5 nitrogen and oxygen atoms in total. The van der Waals surface area contributed by atoms with E-state index in [0.29, 0.717) is 22.4 Å². The minimum absolute atomic E-state index is 0.369. The molecule has 0 fully saturated rings. The first kappa shape index (κ1) is 14.6. The van der Waals surface area contributed by atoms with E-state index in [1.54, 1.807) is 43.4 Å². The third-order valence-corrected chi connectivity index (χ3v) is 2.41. The van der Waals surface area contributed by atoms with Gasteiger partial charge in [0.15, 0.2) is 0 Å². The van der Waals surface area contributed by atoms with Crippen LogP contribution in [0.5, 0.6) is 5.75 Å². The molecule has 100 valence electrons. The second-order valence-corrected chi connectivity index (χ2v) is 4.02. The van der Waals surface area contributed by atoms with Gasteiger partial charge in [0.2, 0.25) is 0 Å². The molecule has 1 aromatic carbocycles. The summed E-state index contributed by atoms with van der Waals surface area (Å²) in [6, 6.07) is 6.91. The fraction of sp³-hybridized carbons (Fsp3) is 0.286. The van der Waals surface area contributed by atoms with Crippen LogP contribution < -0.4 is 4.74 Å². The summed E-state index contributed by atoms with van der Waals surface area (Å²) in [5.74, 6) is -0.00532. The summed E-state index contributed by atoms with van der Waals surface area (Å²) in [4.78, 5) is 13.6. The number of hydrogen-bond donors (Lipinski definition) is 0. The molecule has 1 aromatic rings. The van der Waals surface area contributed by atoms with Gasteiger partial charge in [-0.15, -0.1) is 0 Å². The van der Waals surface area contributed by atoms with Gasteiger partial charge in [0.1, 0.15) is 5.75 Å². The molecule has 0 unspecified atom stereocenters. The number of carbonyl (C=O) groups excluding carboxylic acids is 1. The van der Waals surface area contributed by atoms with Crippen molar-refractivity contribution in [2.75, 3.05) is 28.3 Å². The van der Waals surface area contributed by atoms with E-state index < -0.39 is 5.97 Å². The predicted molar refractivity (Wildman–Crippen MR) is 71.4 cm³/mol. The number of esters is 1. The van der Waals surface area contributed by atoms with Gasteiger partial charge in [0, 0.05) is 25.9 Å². The molecule has 0 aliphatic carbocycles. The Balaban J connectivity index is 3.39. The summed E-state index contributed by atoms with van der Waals surface area (Å²) in [7, 11) is 6.42. The Labute approximate surface area is 112 Å². The highest BCUT2D eigenvalue weighted by Crippen LogP contribution is 2.28. The number of benzene rings is 1. The summed E-state index contributed by atoms with van der Waals surface area (Å²) >= 11 is 0. The lowest BCUT2D eigenvalue weighted by Gasteiger charge is -2.13. The quantitative estimate of drug-likeness (QED) is 0.608. The van der Waals surface area contributed by atoms with Gasteiger partial charge < -0.3 is 14.4 Å². The maximum atomic E-state index is 11.8. The van der Waals surface area contributed by atoms with Crippen LogP contribution in [0.4, 0.5) is 0 Å². The van der Waals surface area contributed by atoms with Gasteiger partial charge in [-0.2, -0.15) is 5.26 Å². The maximum absolute atomic E-state index is 11.8. The molecule has 0 spiro atoms. The first-order valence-electron chi connectivity index (χ1n) is 5.58. The van der Waals surface area contributed by atoms with Crippen molar-refractivity contribution in [3.8, 4) is 11.8 Å². The third-order valence-electron chi connectivity index (χ3n) is 2.41. The number of carbonyl (C=O) groups is 1. The number of hydrogen-bond acceptors (Lipinski definition) is 5. The Kier molecular flexibility index (Phi) is 4.95. The lowest BCUT2D eigenvalue weighted by molar-refractivity contribution is -0.133. The highest BCUT2D eigenvalue weighted by atomic mass is 16.5. The minimum atomic E-state index is -0.461. The summed E-state index contributed by atoms with van der Waals surface area (Å²) in [5, 5.41) is 8.87. The van der Waals surface area contributed by atoms with Gasteiger partial charge in [0.05, 0.1) is 31.4 Å². The van der Waals surface area contributed by atoms with E-state index >= 15 is 0 Å². The number of ether oxygens (including phenoxy) is 2. The smallest absolute Gasteiger partial charge is 0.340 e. The Hall–Kier alpha value is -2.48. The molecule has 0 heterocycles. The third kappa shape index (κ3) is 3.49. The molecular formula is C14H16N2O3. The molecular weight excluding hydrogens is 244 g/mol. The lowest BCUT2D eigenvalue weighted by Crippen LogP contribution is -2.11. The molecule has 0 atom stereocenters. The topological polar surface area (TPSA) is 62.6 Å². The van der Waals surface area contributed by atoms with Crippen molar-refractivity contribution < 1.29 is 14.3 Å². The highest BCUT2D eigenvalue weighted by Gasteiger charge is 2.17. The van der Waals surface area contributed by atoms with Crippen LogP contribution >= 0.6 is 0 Å². The maximum Gasteiger partial charge on any atom is 0.340 e. The molecule has 0 radical (unpaired) electrons. The number of nitriles is 1. The van der Waals surface area contributed by atoms with E-state index in [-0.39, 0.29) is 0 Å². The molecule has 0 bridgehead atoms. The van der Waals surface area contributed by atoms with Crippen LogP contribution in [0.15, 0.2) is 24.4 Å². The zero-order chi connectivity index (χ0) is 14.4. The van der Waals surface area contributed by atoms with Crippen LogP contribution in [0.1, 0.15) is 11.1 Å². The van der Waals surface area contributed by atoms with E-state index in [2.05, 4.69) is 0 Å². The Morgan fingerprint density at radius 2 is 2.05 bits per heavy atom. The van der Waals surface area contributed by atoms with Crippen molar-refractivity contribution in [3.63, 3.8) is 0 Å². The average molecular weight is 260 g/mol. The SMILES string of the molecule is COC(=O)/C(=C\N(C)C)c1ccc(C#N)cc1OC. The van der Waals surface area contributed by atoms with Gasteiger partial charge in [-0.3, -0.25) is 0 Å². The molecule has 0 aliphatic rings. The minimum Gasteiger partial charge on any atom is -0.496 e. The molecule has 0 aromatic heterocycles. The van der Waals surface area contributed by atoms with Crippen molar-refractivity contribution >= 4 is 11.5 Å². The standard InChI is InChI=1S/C14H16N2O3/c1-16(2)9-12(14(17)19-4)11-6-5-10(8-15)7-13(11)18-3/h5-7,9H,1-4H3/b12-9-. The molecule has 1 rings (SSSR count). The zero-order valence-corrected chi connectivity index (χ0v) is 11.4. The van der Waals surface area contributed by atoms with Gasteiger partial charge in [-0.1, -0.05) is 0 Å². The summed E-state index contributed by atoms with van der Waals surface area (Å²) < 4.78 is 10.00. The van der Waals surface area contributed by atoms with Crippen molar-refractivity contribution in [1.29, 1.82) is 5.26 Å². The van der Waals surface area contributed by atoms with Crippen LogP contribution in [0.25, 0.3) is 5.57 Å². The predicted octanol–water partition coefficient (Wildman–Crippen LogP) is 1.64. The number of rotatable bonds is 4. The molecule has 0 aliphatic heterocycles. The van der Waals surface area contributed by atoms with Crippen molar-refractivity contribution in [2.45, 2.75) is 0 Å². The summed E-state index contributed by atoms with van der Waals surface area (Å²) in [5.41, 5.74) is 1.42. The van der Waals surface area contributed by atoms with E-state index in [0.717, 1.165) is 0 Å². The van der Waals surface area contributed by atoms with E-state index in [4.69, 9.17) is 14.7 Å². The fourth-order valence-electron chi connectivity index (χ4n) is 1.58. The molecule has 0 saturated carbocycles. The first-order chi connectivity index (χ1) is 9.03. The van der Waals surface area contributed by atoms with Crippen LogP contribution in [-0.4, -0.2) is 39.2 Å². The van der Waals surface area contributed by atoms with Crippen LogP contribution in [-0.2, 0) is 9.53 Å². The van der Waals surface area contributed by atoms with E-state index in [9.17, 15) is 4.79 Å². The van der Waals surface area contributed by atoms with Crippen molar-refractivity contribution in [1.82, 2.24) is 4.90 Å². The Bertz CT molecular complexity index is 542. The number of methoxy groups -OCH3 is 2. The van der Waals surface area contributed by atoms with Gasteiger partial charge in [-0.25, -0.2) is 4.79 Å². The fourth-order valence-corrected chi connectivity index (χ4v) is 1.58. The van der Waals surface area contributed by atoms with Gasteiger partial charge in [0.25, 0.3) is 0 Å². The van der Waals surface area contributed by atoms with Crippen LogP contribution in [0.2, 0.25) is 0 Å². The number of nitrogens with zero attached hydrogens (tertiary/aromatic N) is 2. The Morgan fingerprint density at radius 3 is 2.53 bits per heavy atom. The van der Waals surface area contributed by atoms with E-state index in [1.807, 2.05) is 6.07 Å². The largest absolute Gasteiger partial charge is 0.496 e. The Morgan fingerprint density at radius 1 is 1.37 bits per heavy atom.